The number of alkyl halides is 3. The smallest absolute Gasteiger partial charge is 0.416 e. The lowest BCUT2D eigenvalue weighted by atomic mass is 10.0. The van der Waals surface area contributed by atoms with Crippen molar-refractivity contribution in [2.24, 2.45) is 0 Å². The van der Waals surface area contributed by atoms with Crippen molar-refractivity contribution in [2.75, 3.05) is 7.11 Å². The average Bonchev–Trinajstić information content (AvgIpc) is 2.37. The van der Waals surface area contributed by atoms with E-state index in [1.165, 1.54) is 31.4 Å². The van der Waals surface area contributed by atoms with Gasteiger partial charge in [0.2, 0.25) is 0 Å². The molecule has 19 heavy (non-hydrogen) atoms. The zero-order valence-electron chi connectivity index (χ0n) is 9.96. The van der Waals surface area contributed by atoms with Crippen molar-refractivity contribution in [1.29, 1.82) is 0 Å². The number of hydrogen-bond donors (Lipinski definition) is 0. The van der Waals surface area contributed by atoms with Gasteiger partial charge in [-0.05, 0) is 35.4 Å². The number of ether oxygens (including phenoxy) is 1. The van der Waals surface area contributed by atoms with Crippen molar-refractivity contribution >= 4 is 0 Å². The highest BCUT2D eigenvalue weighted by Gasteiger charge is 2.29. The third kappa shape index (κ3) is 3.05. The monoisotopic (exact) mass is 270 g/mol. The van der Waals surface area contributed by atoms with E-state index in [1.807, 2.05) is 0 Å². The van der Waals surface area contributed by atoms with E-state index < -0.39 is 17.6 Å². The molecular weight excluding hydrogens is 260 g/mol. The fourth-order valence-corrected chi connectivity index (χ4v) is 1.70. The zero-order valence-corrected chi connectivity index (χ0v) is 9.96. The summed E-state index contributed by atoms with van der Waals surface area (Å²) in [4.78, 5) is 0. The van der Waals surface area contributed by atoms with Crippen molar-refractivity contribution in [2.45, 2.75) is 6.18 Å². The Hall–Kier alpha value is -2.04. The van der Waals surface area contributed by atoms with Crippen LogP contribution in [0, 0.1) is 5.82 Å². The topological polar surface area (TPSA) is 9.23 Å². The summed E-state index contributed by atoms with van der Waals surface area (Å²) in [5, 5.41) is 0. The number of methoxy groups -OCH3 is 1. The fraction of sp³-hybridized carbons (Fsp3) is 0.143. The van der Waals surface area contributed by atoms with Gasteiger partial charge in [0.05, 0.1) is 12.7 Å². The normalized spacial score (nSPS) is 11.4. The number of benzene rings is 2. The maximum atomic E-state index is 13.3. The van der Waals surface area contributed by atoms with E-state index in [4.69, 9.17) is 4.74 Å². The van der Waals surface area contributed by atoms with Gasteiger partial charge in [-0.1, -0.05) is 12.1 Å². The average molecular weight is 270 g/mol. The molecule has 0 aliphatic carbocycles. The molecule has 2 rings (SSSR count). The van der Waals surface area contributed by atoms with Gasteiger partial charge in [-0.2, -0.15) is 13.2 Å². The van der Waals surface area contributed by atoms with Crippen LogP contribution in [0.25, 0.3) is 11.1 Å². The molecular formula is C14H10F4O. The maximum absolute atomic E-state index is 13.3. The molecule has 0 saturated heterocycles. The van der Waals surface area contributed by atoms with E-state index in [-0.39, 0.29) is 0 Å². The van der Waals surface area contributed by atoms with E-state index in [2.05, 4.69) is 0 Å². The van der Waals surface area contributed by atoms with Crippen LogP contribution in [0.3, 0.4) is 0 Å². The molecule has 0 N–H and O–H groups in total. The van der Waals surface area contributed by atoms with E-state index in [9.17, 15) is 17.6 Å². The van der Waals surface area contributed by atoms with Gasteiger partial charge in [-0.15, -0.1) is 0 Å². The summed E-state index contributed by atoms with van der Waals surface area (Å²) in [5.41, 5.74) is 0.219. The highest BCUT2D eigenvalue weighted by molar-refractivity contribution is 5.65. The molecule has 0 spiro atoms. The third-order valence-corrected chi connectivity index (χ3v) is 2.65. The third-order valence-electron chi connectivity index (χ3n) is 2.65. The van der Waals surface area contributed by atoms with Crippen molar-refractivity contribution in [3.05, 3.63) is 53.8 Å². The SMILES string of the molecule is COc1cc(F)cc(-c2ccc(C(F)(F)F)cc2)c1. The first-order valence-corrected chi connectivity index (χ1v) is 5.42. The molecule has 0 aromatic heterocycles. The fourth-order valence-electron chi connectivity index (χ4n) is 1.70. The van der Waals surface area contributed by atoms with E-state index in [0.29, 0.717) is 16.9 Å². The van der Waals surface area contributed by atoms with Gasteiger partial charge >= 0.3 is 6.18 Å². The number of hydrogen-bond acceptors (Lipinski definition) is 1. The Morgan fingerprint density at radius 3 is 2.05 bits per heavy atom. The minimum atomic E-state index is -4.38. The van der Waals surface area contributed by atoms with Crippen LogP contribution in [-0.4, -0.2) is 7.11 Å². The molecule has 0 unspecified atom stereocenters. The summed E-state index contributed by atoms with van der Waals surface area (Å²) in [6, 6.07) is 8.54. The van der Waals surface area contributed by atoms with Gasteiger partial charge in [-0.3, -0.25) is 0 Å². The van der Waals surface area contributed by atoms with Gasteiger partial charge in [0.1, 0.15) is 11.6 Å². The Morgan fingerprint density at radius 1 is 0.895 bits per heavy atom. The molecule has 0 amide bonds. The first-order valence-electron chi connectivity index (χ1n) is 5.42. The zero-order chi connectivity index (χ0) is 14.0. The first kappa shape index (κ1) is 13.4. The second kappa shape index (κ2) is 4.91. The first-order chi connectivity index (χ1) is 8.90. The lowest BCUT2D eigenvalue weighted by molar-refractivity contribution is -0.137. The molecule has 0 bridgehead atoms. The predicted molar refractivity (Wildman–Crippen MR) is 63.4 cm³/mol. The van der Waals surface area contributed by atoms with E-state index in [1.54, 1.807) is 6.07 Å². The second-order valence-corrected chi connectivity index (χ2v) is 3.95. The summed E-state index contributed by atoms with van der Waals surface area (Å²) in [5.74, 6) is -0.191. The molecule has 0 heterocycles. The van der Waals surface area contributed by atoms with E-state index in [0.717, 1.165) is 12.1 Å². The Kier molecular flexibility index (Phi) is 3.46. The summed E-state index contributed by atoms with van der Waals surface area (Å²) >= 11 is 0. The highest BCUT2D eigenvalue weighted by Crippen LogP contribution is 2.32. The molecule has 0 radical (unpaired) electrons. The standard InChI is InChI=1S/C14H10F4O/c1-19-13-7-10(6-12(15)8-13)9-2-4-11(5-3-9)14(16,17)18/h2-8H,1H3. The molecule has 1 nitrogen and oxygen atoms in total. The lowest BCUT2D eigenvalue weighted by Gasteiger charge is -2.09. The summed E-state index contributed by atoms with van der Waals surface area (Å²) in [7, 11) is 1.39. The van der Waals surface area contributed by atoms with Gasteiger partial charge in [-0.25, -0.2) is 4.39 Å². The Balaban J connectivity index is 2.40. The molecule has 0 atom stereocenters. The molecule has 5 heteroatoms. The molecule has 2 aromatic carbocycles. The quantitative estimate of drug-likeness (QED) is 0.729. The van der Waals surface area contributed by atoms with Crippen LogP contribution in [0.5, 0.6) is 5.75 Å². The number of rotatable bonds is 2. The van der Waals surface area contributed by atoms with Crippen LogP contribution in [0.2, 0.25) is 0 Å². The number of halogens is 4. The lowest BCUT2D eigenvalue weighted by Crippen LogP contribution is -2.04. The molecule has 0 aliphatic heterocycles. The van der Waals surface area contributed by atoms with E-state index >= 15 is 0 Å². The van der Waals surface area contributed by atoms with Gasteiger partial charge in [0.15, 0.2) is 0 Å². The Morgan fingerprint density at radius 2 is 1.53 bits per heavy atom. The minimum absolute atomic E-state index is 0.315. The molecule has 0 saturated carbocycles. The molecule has 100 valence electrons. The highest BCUT2D eigenvalue weighted by atomic mass is 19.4. The Bertz CT molecular complexity index is 573. The summed E-state index contributed by atoms with van der Waals surface area (Å²) in [6.07, 6.45) is -4.38. The summed E-state index contributed by atoms with van der Waals surface area (Å²) in [6.45, 7) is 0. The van der Waals surface area contributed by atoms with Gasteiger partial charge in [0.25, 0.3) is 0 Å². The molecule has 0 aliphatic rings. The van der Waals surface area contributed by atoms with Crippen LogP contribution < -0.4 is 4.74 Å². The van der Waals surface area contributed by atoms with Crippen molar-refractivity contribution in [3.8, 4) is 16.9 Å². The maximum Gasteiger partial charge on any atom is 0.416 e. The van der Waals surface area contributed by atoms with Gasteiger partial charge < -0.3 is 4.74 Å². The minimum Gasteiger partial charge on any atom is -0.497 e. The van der Waals surface area contributed by atoms with Gasteiger partial charge in [0, 0.05) is 6.07 Å². The summed E-state index contributed by atoms with van der Waals surface area (Å²) < 4.78 is 55.5. The predicted octanol–water partition coefficient (Wildman–Crippen LogP) is 4.52. The van der Waals surface area contributed by atoms with Crippen molar-refractivity contribution in [3.63, 3.8) is 0 Å². The Labute approximate surface area is 107 Å². The largest absolute Gasteiger partial charge is 0.497 e. The van der Waals surface area contributed by atoms with Crippen molar-refractivity contribution < 1.29 is 22.3 Å². The second-order valence-electron chi connectivity index (χ2n) is 3.95. The molecule has 2 aromatic rings. The van der Waals surface area contributed by atoms with Crippen molar-refractivity contribution in [1.82, 2.24) is 0 Å². The molecule has 0 fully saturated rings. The van der Waals surface area contributed by atoms with Crippen LogP contribution >= 0.6 is 0 Å². The van der Waals surface area contributed by atoms with Crippen LogP contribution in [0.1, 0.15) is 5.56 Å². The van der Waals surface area contributed by atoms with Crippen LogP contribution in [-0.2, 0) is 6.18 Å². The van der Waals surface area contributed by atoms with Crippen LogP contribution in [0.15, 0.2) is 42.5 Å². The van der Waals surface area contributed by atoms with Crippen LogP contribution in [0.4, 0.5) is 17.6 Å².